The van der Waals surface area contributed by atoms with Crippen LogP contribution < -0.4 is 0 Å². The van der Waals surface area contributed by atoms with Gasteiger partial charge in [0.1, 0.15) is 10.6 Å². The molecule has 4 rings (SSSR count). The molecule has 0 saturated carbocycles. The van der Waals surface area contributed by atoms with Gasteiger partial charge in [0.05, 0.1) is 5.92 Å². The molecule has 2 saturated heterocycles. The Morgan fingerprint density at radius 3 is 2.17 bits per heavy atom. The first-order chi connectivity index (χ1) is 16.6. The Bertz CT molecular complexity index is 1220. The van der Waals surface area contributed by atoms with Crippen LogP contribution in [0, 0.1) is 26.7 Å². The number of piperidine rings is 1. The number of phenolic OH excluding ortho intramolecular Hbond substituents is 1. The maximum Gasteiger partial charge on any atom is 0.253 e. The molecule has 2 aliphatic rings. The standard InChI is InChI=1S/C26H33N3O5S/c1-18-6-7-23(30)24(16-18)35(33,34)29-11-9-27(10-12-29)25(31)21-5-4-8-28(17-21)26(32)22-14-19(2)13-20(3)15-22/h6-7,13-16,21,30H,4-5,8-12,17H2,1-3H3. The molecule has 8 nitrogen and oxygen atoms in total. The van der Waals surface area contributed by atoms with E-state index in [4.69, 9.17) is 0 Å². The number of hydrogen-bond acceptors (Lipinski definition) is 5. The highest BCUT2D eigenvalue weighted by molar-refractivity contribution is 7.89. The van der Waals surface area contributed by atoms with E-state index >= 15 is 0 Å². The summed E-state index contributed by atoms with van der Waals surface area (Å²) in [6.07, 6.45) is 1.47. The van der Waals surface area contributed by atoms with Crippen molar-refractivity contribution in [1.29, 1.82) is 0 Å². The molecule has 0 bridgehead atoms. The Balaban J connectivity index is 1.39. The summed E-state index contributed by atoms with van der Waals surface area (Å²) < 4.78 is 27.4. The highest BCUT2D eigenvalue weighted by Gasteiger charge is 2.36. The van der Waals surface area contributed by atoms with Gasteiger partial charge in [-0.3, -0.25) is 9.59 Å². The number of phenols is 1. The number of aryl methyl sites for hydroxylation is 3. The van der Waals surface area contributed by atoms with Crippen molar-refractivity contribution < 1.29 is 23.1 Å². The lowest BCUT2D eigenvalue weighted by atomic mass is 9.95. The van der Waals surface area contributed by atoms with Crippen LogP contribution in [0.4, 0.5) is 0 Å². The molecule has 2 aromatic rings. The molecule has 9 heteroatoms. The smallest absolute Gasteiger partial charge is 0.253 e. The molecular formula is C26H33N3O5S. The van der Waals surface area contributed by atoms with Crippen LogP contribution in [-0.2, 0) is 14.8 Å². The van der Waals surface area contributed by atoms with Crippen LogP contribution in [0.2, 0.25) is 0 Å². The third kappa shape index (κ3) is 5.36. The van der Waals surface area contributed by atoms with Gasteiger partial charge in [-0.15, -0.1) is 0 Å². The van der Waals surface area contributed by atoms with E-state index in [-0.39, 0.29) is 54.6 Å². The fourth-order valence-electron chi connectivity index (χ4n) is 5.02. The molecule has 35 heavy (non-hydrogen) atoms. The number of benzene rings is 2. The number of rotatable bonds is 4. The Kier molecular flexibility index (Phi) is 7.19. The molecule has 2 aromatic carbocycles. The number of piperazine rings is 1. The van der Waals surface area contributed by atoms with E-state index in [2.05, 4.69) is 0 Å². The summed E-state index contributed by atoms with van der Waals surface area (Å²) in [4.78, 5) is 29.7. The summed E-state index contributed by atoms with van der Waals surface area (Å²) in [6.45, 7) is 7.60. The number of likely N-dealkylation sites (tertiary alicyclic amines) is 1. The molecule has 2 fully saturated rings. The van der Waals surface area contributed by atoms with Gasteiger partial charge in [-0.25, -0.2) is 8.42 Å². The van der Waals surface area contributed by atoms with Crippen molar-refractivity contribution >= 4 is 21.8 Å². The molecule has 1 unspecified atom stereocenters. The number of aromatic hydroxyl groups is 1. The van der Waals surface area contributed by atoms with Crippen molar-refractivity contribution in [3.63, 3.8) is 0 Å². The van der Waals surface area contributed by atoms with E-state index in [9.17, 15) is 23.1 Å². The second kappa shape index (κ2) is 9.99. The van der Waals surface area contributed by atoms with Crippen molar-refractivity contribution in [2.45, 2.75) is 38.5 Å². The van der Waals surface area contributed by atoms with Crippen molar-refractivity contribution in [1.82, 2.24) is 14.1 Å². The van der Waals surface area contributed by atoms with Crippen molar-refractivity contribution in [2.75, 3.05) is 39.3 Å². The Labute approximate surface area is 207 Å². The molecule has 2 heterocycles. The SMILES string of the molecule is Cc1cc(C)cc(C(=O)N2CCCC(C(=O)N3CCN(S(=O)(=O)c4cc(C)ccc4O)CC3)C2)c1. The van der Waals surface area contributed by atoms with Gasteiger partial charge in [-0.1, -0.05) is 23.3 Å². The van der Waals surface area contributed by atoms with Gasteiger partial charge in [0.15, 0.2) is 0 Å². The molecule has 2 aliphatic heterocycles. The van der Waals surface area contributed by atoms with Gasteiger partial charge in [0, 0.05) is 44.8 Å². The fourth-order valence-corrected chi connectivity index (χ4v) is 6.61. The van der Waals surface area contributed by atoms with Gasteiger partial charge in [0.2, 0.25) is 15.9 Å². The maximum atomic E-state index is 13.3. The average molecular weight is 500 g/mol. The van der Waals surface area contributed by atoms with Crippen LogP contribution in [0.1, 0.15) is 39.9 Å². The zero-order valence-corrected chi connectivity index (χ0v) is 21.3. The van der Waals surface area contributed by atoms with E-state index in [1.54, 1.807) is 22.8 Å². The lowest BCUT2D eigenvalue weighted by Crippen LogP contribution is -2.54. The summed E-state index contributed by atoms with van der Waals surface area (Å²) >= 11 is 0. The van der Waals surface area contributed by atoms with Crippen LogP contribution >= 0.6 is 0 Å². The van der Waals surface area contributed by atoms with Crippen LogP contribution in [0.3, 0.4) is 0 Å². The maximum absolute atomic E-state index is 13.3. The van der Waals surface area contributed by atoms with Gasteiger partial charge in [-0.2, -0.15) is 4.31 Å². The predicted octanol–water partition coefficient (Wildman–Crippen LogP) is 2.70. The molecule has 0 spiro atoms. The van der Waals surface area contributed by atoms with Crippen molar-refractivity contribution in [3.8, 4) is 5.75 Å². The number of nitrogens with zero attached hydrogens (tertiary/aromatic N) is 3. The number of amides is 2. The minimum Gasteiger partial charge on any atom is -0.507 e. The van der Waals surface area contributed by atoms with E-state index in [0.29, 0.717) is 25.1 Å². The zero-order chi connectivity index (χ0) is 25.3. The fraction of sp³-hybridized carbons (Fsp3) is 0.462. The lowest BCUT2D eigenvalue weighted by Gasteiger charge is -2.38. The first kappa shape index (κ1) is 25.2. The average Bonchev–Trinajstić information content (AvgIpc) is 2.84. The largest absolute Gasteiger partial charge is 0.507 e. The highest BCUT2D eigenvalue weighted by Crippen LogP contribution is 2.28. The lowest BCUT2D eigenvalue weighted by molar-refractivity contribution is -0.138. The number of hydrogen-bond donors (Lipinski definition) is 1. The van der Waals surface area contributed by atoms with Crippen LogP contribution in [-0.4, -0.2) is 78.7 Å². The quantitative estimate of drug-likeness (QED) is 0.698. The molecule has 2 amide bonds. The molecule has 188 valence electrons. The monoisotopic (exact) mass is 499 g/mol. The first-order valence-electron chi connectivity index (χ1n) is 12.0. The number of carbonyl (C=O) groups excluding carboxylic acids is 2. The second-order valence-electron chi connectivity index (χ2n) is 9.67. The summed E-state index contributed by atoms with van der Waals surface area (Å²) in [6, 6.07) is 10.3. The van der Waals surface area contributed by atoms with Gasteiger partial charge in [-0.05, 0) is 63.4 Å². The molecule has 1 N–H and O–H groups in total. The predicted molar refractivity (Wildman–Crippen MR) is 133 cm³/mol. The van der Waals surface area contributed by atoms with E-state index < -0.39 is 10.0 Å². The van der Waals surface area contributed by atoms with Crippen molar-refractivity contribution in [2.24, 2.45) is 5.92 Å². The van der Waals surface area contributed by atoms with Crippen LogP contribution in [0.25, 0.3) is 0 Å². The minimum absolute atomic E-state index is 0.0293. The Hall–Kier alpha value is -2.91. The third-order valence-corrected chi connectivity index (χ3v) is 8.74. The summed E-state index contributed by atoms with van der Waals surface area (Å²) in [5.74, 6) is -0.644. The van der Waals surface area contributed by atoms with Gasteiger partial charge < -0.3 is 14.9 Å². The molecule has 0 radical (unpaired) electrons. The van der Waals surface area contributed by atoms with E-state index in [0.717, 1.165) is 23.1 Å². The molecule has 0 aromatic heterocycles. The zero-order valence-electron chi connectivity index (χ0n) is 20.5. The normalized spacial score (nSPS) is 19.6. The Morgan fingerprint density at radius 1 is 0.857 bits per heavy atom. The molecular weight excluding hydrogens is 466 g/mol. The van der Waals surface area contributed by atoms with Gasteiger partial charge in [0.25, 0.3) is 5.91 Å². The highest BCUT2D eigenvalue weighted by atomic mass is 32.2. The molecule has 1 atom stereocenters. The summed E-state index contributed by atoms with van der Waals surface area (Å²) in [5, 5.41) is 10.1. The minimum atomic E-state index is -3.85. The second-order valence-corrected chi connectivity index (χ2v) is 11.6. The summed E-state index contributed by atoms with van der Waals surface area (Å²) in [7, 11) is -3.85. The number of sulfonamides is 1. The third-order valence-electron chi connectivity index (χ3n) is 6.81. The topological polar surface area (TPSA) is 98.2 Å². The summed E-state index contributed by atoms with van der Waals surface area (Å²) in [5.41, 5.74) is 3.45. The Morgan fingerprint density at radius 2 is 1.51 bits per heavy atom. The number of carbonyl (C=O) groups is 2. The van der Waals surface area contributed by atoms with E-state index in [1.807, 2.05) is 32.0 Å². The molecule has 0 aliphatic carbocycles. The van der Waals surface area contributed by atoms with E-state index in [1.165, 1.54) is 16.4 Å². The van der Waals surface area contributed by atoms with Crippen LogP contribution in [0.15, 0.2) is 41.3 Å². The first-order valence-corrected chi connectivity index (χ1v) is 13.5. The van der Waals surface area contributed by atoms with Crippen LogP contribution in [0.5, 0.6) is 5.75 Å². The van der Waals surface area contributed by atoms with Crippen molar-refractivity contribution in [3.05, 3.63) is 58.7 Å². The van der Waals surface area contributed by atoms with Gasteiger partial charge >= 0.3 is 0 Å².